The highest BCUT2D eigenvalue weighted by molar-refractivity contribution is 7.92. The number of carbonyl (C=O) groups is 1. The van der Waals surface area contributed by atoms with Crippen molar-refractivity contribution in [2.75, 3.05) is 17.1 Å². The number of sulfonamides is 1. The summed E-state index contributed by atoms with van der Waals surface area (Å²) in [6.07, 6.45) is 1.75. The van der Waals surface area contributed by atoms with E-state index in [4.69, 9.17) is 16.0 Å². The van der Waals surface area contributed by atoms with Crippen molar-refractivity contribution in [1.29, 1.82) is 0 Å². The molecule has 1 aliphatic heterocycles. The largest absolute Gasteiger partial charge is 0.419 e. The lowest BCUT2D eigenvalue weighted by Gasteiger charge is -2.25. The molecule has 32 heavy (non-hydrogen) atoms. The molecule has 1 amide bonds. The molecule has 0 unspecified atom stereocenters. The number of anilines is 1. The molecular weight excluding hydrogens is 452 g/mol. The van der Waals surface area contributed by atoms with Gasteiger partial charge in [-0.25, -0.2) is 8.42 Å². The van der Waals surface area contributed by atoms with Crippen LogP contribution in [-0.4, -0.2) is 48.3 Å². The fourth-order valence-electron chi connectivity index (χ4n) is 3.71. The van der Waals surface area contributed by atoms with Crippen LogP contribution in [0, 0.1) is 0 Å². The molecule has 0 bridgehead atoms. The number of carbonyl (C=O) groups excluding carboxylic acids is 1. The van der Waals surface area contributed by atoms with Gasteiger partial charge in [-0.15, -0.1) is 10.2 Å². The first kappa shape index (κ1) is 22.3. The summed E-state index contributed by atoms with van der Waals surface area (Å²) in [6.45, 7) is 4.33. The van der Waals surface area contributed by atoms with Crippen LogP contribution in [0.5, 0.6) is 0 Å². The van der Waals surface area contributed by atoms with Crippen LogP contribution < -0.4 is 4.31 Å². The van der Waals surface area contributed by atoms with Gasteiger partial charge in [-0.3, -0.25) is 9.10 Å². The summed E-state index contributed by atoms with van der Waals surface area (Å²) in [5.74, 6) is 0.393. The van der Waals surface area contributed by atoms with Crippen LogP contribution in [0.4, 0.5) is 5.69 Å². The Morgan fingerprint density at radius 1 is 1.22 bits per heavy atom. The van der Waals surface area contributed by atoms with E-state index in [0.29, 0.717) is 46.6 Å². The van der Waals surface area contributed by atoms with Crippen LogP contribution in [0.15, 0.2) is 46.9 Å². The van der Waals surface area contributed by atoms with Gasteiger partial charge in [0.15, 0.2) is 0 Å². The van der Waals surface area contributed by atoms with Crippen LogP contribution in [-0.2, 0) is 23.0 Å². The van der Waals surface area contributed by atoms with Gasteiger partial charge in [-0.2, -0.15) is 0 Å². The van der Waals surface area contributed by atoms with E-state index in [9.17, 15) is 13.2 Å². The van der Waals surface area contributed by atoms with E-state index >= 15 is 0 Å². The Balaban J connectivity index is 1.57. The molecule has 8 nitrogen and oxygen atoms in total. The number of nitrogens with zero attached hydrogens (tertiary/aromatic N) is 4. The van der Waals surface area contributed by atoms with Crippen LogP contribution in [0.2, 0.25) is 5.02 Å². The molecule has 0 spiro atoms. The van der Waals surface area contributed by atoms with Crippen molar-refractivity contribution >= 4 is 33.2 Å². The van der Waals surface area contributed by atoms with Crippen LogP contribution in [0.25, 0.3) is 11.5 Å². The van der Waals surface area contributed by atoms with E-state index < -0.39 is 10.0 Å². The van der Waals surface area contributed by atoms with E-state index in [1.165, 1.54) is 10.6 Å². The highest BCUT2D eigenvalue weighted by Gasteiger charge is 2.28. The van der Waals surface area contributed by atoms with Crippen molar-refractivity contribution in [3.8, 4) is 11.5 Å². The number of aromatic nitrogens is 2. The first-order valence-corrected chi connectivity index (χ1v) is 12.4. The molecule has 0 atom stereocenters. The summed E-state index contributed by atoms with van der Waals surface area (Å²) in [5, 5.41) is 8.65. The fraction of sp³-hybridized carbons (Fsp3) is 0.318. The van der Waals surface area contributed by atoms with Crippen LogP contribution in [0.3, 0.4) is 0 Å². The number of hydrogen-bond acceptors (Lipinski definition) is 6. The molecule has 168 valence electrons. The Hall–Kier alpha value is -2.91. The van der Waals surface area contributed by atoms with Crippen molar-refractivity contribution in [3.63, 3.8) is 0 Å². The number of fused-ring (bicyclic) bond motifs is 1. The number of hydrogen-bond donors (Lipinski definition) is 0. The minimum Gasteiger partial charge on any atom is -0.419 e. The Morgan fingerprint density at radius 2 is 1.97 bits per heavy atom. The maximum Gasteiger partial charge on any atom is 0.254 e. The molecule has 0 aliphatic carbocycles. The Morgan fingerprint density at radius 3 is 2.66 bits per heavy atom. The van der Waals surface area contributed by atoms with Gasteiger partial charge in [0, 0.05) is 18.2 Å². The number of amides is 1. The number of benzene rings is 2. The van der Waals surface area contributed by atoms with Gasteiger partial charge in [0.05, 0.1) is 29.1 Å². The summed E-state index contributed by atoms with van der Waals surface area (Å²) in [7, 11) is -3.34. The van der Waals surface area contributed by atoms with Gasteiger partial charge in [0.25, 0.3) is 5.91 Å². The average Bonchev–Trinajstić information content (AvgIpc) is 3.38. The second-order valence-electron chi connectivity index (χ2n) is 7.94. The third-order valence-corrected chi connectivity index (χ3v) is 6.85. The predicted molar refractivity (Wildman–Crippen MR) is 122 cm³/mol. The standard InChI is InChI=1S/C22H23ClN4O4S/c1-14(2)26(13-20-24-25-21(31-20)17-6-4-5-7-18(17)23)22(28)16-8-9-19-15(12-16)10-11-27(19)32(3,29)30/h4-9,12,14H,10-11,13H2,1-3H3. The Labute approximate surface area is 191 Å². The van der Waals surface area contributed by atoms with Crippen LogP contribution in [0.1, 0.15) is 35.7 Å². The van der Waals surface area contributed by atoms with Gasteiger partial charge >= 0.3 is 0 Å². The van der Waals surface area contributed by atoms with Crippen LogP contribution >= 0.6 is 11.6 Å². The van der Waals surface area contributed by atoms with Crippen molar-refractivity contribution in [2.24, 2.45) is 0 Å². The molecule has 0 saturated carbocycles. The fourth-order valence-corrected chi connectivity index (χ4v) is 4.89. The maximum atomic E-state index is 13.3. The first-order valence-electron chi connectivity index (χ1n) is 10.1. The molecule has 10 heteroatoms. The second kappa shape index (κ2) is 8.55. The molecule has 4 rings (SSSR count). The van der Waals surface area contributed by atoms with Crippen molar-refractivity contribution in [2.45, 2.75) is 32.9 Å². The average molecular weight is 475 g/mol. The molecule has 1 aliphatic rings. The third-order valence-electron chi connectivity index (χ3n) is 5.34. The minimum absolute atomic E-state index is 0.126. The topological polar surface area (TPSA) is 96.6 Å². The predicted octanol–water partition coefficient (Wildman–Crippen LogP) is 3.76. The highest BCUT2D eigenvalue weighted by Crippen LogP contribution is 2.31. The monoisotopic (exact) mass is 474 g/mol. The zero-order valence-electron chi connectivity index (χ0n) is 17.9. The van der Waals surface area contributed by atoms with Gasteiger partial charge < -0.3 is 9.32 Å². The summed E-state index contributed by atoms with van der Waals surface area (Å²) >= 11 is 6.21. The summed E-state index contributed by atoms with van der Waals surface area (Å²) in [5.41, 5.74) is 2.58. The van der Waals surface area contributed by atoms with E-state index in [1.807, 2.05) is 26.0 Å². The SMILES string of the molecule is CC(C)N(Cc1nnc(-c2ccccc2Cl)o1)C(=O)c1ccc2c(c1)CCN2S(C)(=O)=O. The molecular formula is C22H23ClN4O4S. The van der Waals surface area contributed by atoms with Crippen molar-refractivity contribution < 1.29 is 17.6 Å². The summed E-state index contributed by atoms with van der Waals surface area (Å²) in [6, 6.07) is 12.2. The molecule has 3 aromatic rings. The van der Waals surface area contributed by atoms with Gasteiger partial charge in [0.2, 0.25) is 21.8 Å². The zero-order chi connectivity index (χ0) is 23.0. The molecule has 2 aromatic carbocycles. The molecule has 0 N–H and O–H groups in total. The highest BCUT2D eigenvalue weighted by atomic mass is 35.5. The molecule has 0 saturated heterocycles. The van der Waals surface area contributed by atoms with E-state index in [2.05, 4.69) is 10.2 Å². The Kier molecular flexibility index (Phi) is 5.96. The van der Waals surface area contributed by atoms with E-state index in [1.54, 1.807) is 35.2 Å². The lowest BCUT2D eigenvalue weighted by molar-refractivity contribution is 0.0672. The normalized spacial score (nSPS) is 13.5. The van der Waals surface area contributed by atoms with E-state index in [-0.39, 0.29) is 18.5 Å². The maximum absolute atomic E-state index is 13.3. The lowest BCUT2D eigenvalue weighted by atomic mass is 10.1. The zero-order valence-corrected chi connectivity index (χ0v) is 19.5. The summed E-state index contributed by atoms with van der Waals surface area (Å²) < 4.78 is 31.1. The van der Waals surface area contributed by atoms with E-state index in [0.717, 1.165) is 5.56 Å². The molecule has 1 aromatic heterocycles. The minimum atomic E-state index is -3.34. The molecule has 0 fully saturated rings. The quantitative estimate of drug-likeness (QED) is 0.539. The first-order chi connectivity index (χ1) is 15.1. The second-order valence-corrected chi connectivity index (χ2v) is 10.3. The number of rotatable bonds is 6. The van der Waals surface area contributed by atoms with Gasteiger partial charge in [-0.1, -0.05) is 23.7 Å². The molecule has 2 heterocycles. The Bertz CT molecular complexity index is 1270. The summed E-state index contributed by atoms with van der Waals surface area (Å²) in [4.78, 5) is 14.9. The van der Waals surface area contributed by atoms with Crippen molar-refractivity contribution in [3.05, 3.63) is 64.5 Å². The third kappa shape index (κ3) is 4.35. The lowest BCUT2D eigenvalue weighted by Crippen LogP contribution is -2.36. The van der Waals surface area contributed by atoms with Gasteiger partial charge in [-0.05, 0) is 56.2 Å². The smallest absolute Gasteiger partial charge is 0.254 e. The van der Waals surface area contributed by atoms with Crippen molar-refractivity contribution in [1.82, 2.24) is 15.1 Å². The molecule has 0 radical (unpaired) electrons. The van der Waals surface area contributed by atoms with Gasteiger partial charge in [0.1, 0.15) is 0 Å². The number of halogens is 1.